The molecular weight excluding hydrogens is 316 g/mol. The van der Waals surface area contributed by atoms with Crippen LogP contribution in [0.15, 0.2) is 0 Å². The van der Waals surface area contributed by atoms with Crippen LogP contribution < -0.4 is 5.32 Å². The zero-order valence-electron chi connectivity index (χ0n) is 16.3. The van der Waals surface area contributed by atoms with Crippen LogP contribution in [-0.4, -0.2) is 42.6 Å². The Morgan fingerprint density at radius 2 is 1.88 bits per heavy atom. The fourth-order valence-corrected chi connectivity index (χ4v) is 3.99. The van der Waals surface area contributed by atoms with Crippen molar-refractivity contribution in [2.75, 3.05) is 19.7 Å². The highest BCUT2D eigenvalue weighted by molar-refractivity contribution is 5.79. The number of likely N-dealkylation sites (tertiary alicyclic amines) is 1. The standard InChI is InChI=1S/C20H36N2O3/c1-4-5-7-16-8-6-9-18(16)21-19(23)17-10-12-22(13-11-17)20(24)25-14-15(2)3/h15-18H,4-14H2,1-3H3,(H,21,23). The minimum atomic E-state index is -0.233. The molecule has 2 amide bonds. The van der Waals surface area contributed by atoms with Crippen LogP contribution in [0.5, 0.6) is 0 Å². The van der Waals surface area contributed by atoms with E-state index in [4.69, 9.17) is 4.74 Å². The molecule has 1 aliphatic carbocycles. The number of ether oxygens (including phenoxy) is 1. The number of nitrogens with one attached hydrogen (secondary N) is 1. The van der Waals surface area contributed by atoms with Crippen molar-refractivity contribution in [3.63, 3.8) is 0 Å². The van der Waals surface area contributed by atoms with Crippen molar-refractivity contribution in [1.82, 2.24) is 10.2 Å². The van der Waals surface area contributed by atoms with Gasteiger partial charge in [-0.3, -0.25) is 4.79 Å². The van der Waals surface area contributed by atoms with E-state index in [2.05, 4.69) is 12.2 Å². The molecule has 0 aromatic heterocycles. The number of nitrogens with zero attached hydrogens (tertiary/aromatic N) is 1. The maximum atomic E-state index is 12.6. The van der Waals surface area contributed by atoms with Crippen LogP contribution in [0.25, 0.3) is 0 Å². The Balaban J connectivity index is 1.72. The first kappa shape index (κ1) is 20.1. The first-order valence-corrected chi connectivity index (χ1v) is 10.2. The predicted octanol–water partition coefficient (Wildman–Crippen LogP) is 3.97. The fraction of sp³-hybridized carbons (Fsp3) is 0.900. The minimum absolute atomic E-state index is 0.0431. The zero-order chi connectivity index (χ0) is 18.2. The number of carbonyl (C=O) groups excluding carboxylic acids is 2. The maximum absolute atomic E-state index is 12.6. The summed E-state index contributed by atoms with van der Waals surface area (Å²) in [6.45, 7) is 7.99. The molecule has 2 fully saturated rings. The largest absolute Gasteiger partial charge is 0.449 e. The molecule has 1 saturated heterocycles. The SMILES string of the molecule is CCCCC1CCCC1NC(=O)C1CCN(C(=O)OCC(C)C)CC1. The lowest BCUT2D eigenvalue weighted by Crippen LogP contribution is -2.46. The topological polar surface area (TPSA) is 58.6 Å². The van der Waals surface area contributed by atoms with E-state index < -0.39 is 0 Å². The third kappa shape index (κ3) is 6.19. The quantitative estimate of drug-likeness (QED) is 0.754. The summed E-state index contributed by atoms with van der Waals surface area (Å²) in [5.41, 5.74) is 0. The first-order chi connectivity index (χ1) is 12.0. The number of piperidine rings is 1. The molecule has 2 unspecified atom stereocenters. The van der Waals surface area contributed by atoms with E-state index in [0.717, 1.165) is 19.3 Å². The molecule has 2 atom stereocenters. The summed E-state index contributed by atoms with van der Waals surface area (Å²) < 4.78 is 5.28. The van der Waals surface area contributed by atoms with Crippen LogP contribution in [0.2, 0.25) is 0 Å². The highest BCUT2D eigenvalue weighted by Gasteiger charge is 2.32. The number of unbranched alkanes of at least 4 members (excludes halogenated alkanes) is 1. The molecule has 1 aliphatic heterocycles. The number of rotatable bonds is 7. The van der Waals surface area contributed by atoms with Crippen LogP contribution in [0, 0.1) is 17.8 Å². The number of hydrogen-bond acceptors (Lipinski definition) is 3. The van der Waals surface area contributed by atoms with Gasteiger partial charge in [0.25, 0.3) is 0 Å². The van der Waals surface area contributed by atoms with Crippen LogP contribution in [0.3, 0.4) is 0 Å². The van der Waals surface area contributed by atoms with Crippen molar-refractivity contribution in [2.24, 2.45) is 17.8 Å². The van der Waals surface area contributed by atoms with Crippen LogP contribution in [0.4, 0.5) is 4.79 Å². The summed E-state index contributed by atoms with van der Waals surface area (Å²) in [6, 6.07) is 0.369. The molecule has 2 rings (SSSR count). The molecule has 1 N–H and O–H groups in total. The molecule has 5 heteroatoms. The molecule has 1 heterocycles. The van der Waals surface area contributed by atoms with Gasteiger partial charge < -0.3 is 15.0 Å². The highest BCUT2D eigenvalue weighted by atomic mass is 16.6. The molecule has 0 aromatic rings. The summed E-state index contributed by atoms with van der Waals surface area (Å²) in [7, 11) is 0. The van der Waals surface area contributed by atoms with Gasteiger partial charge in [0.1, 0.15) is 0 Å². The Kier molecular flexibility index (Phi) is 8.04. The van der Waals surface area contributed by atoms with E-state index in [9.17, 15) is 9.59 Å². The van der Waals surface area contributed by atoms with Gasteiger partial charge in [0.05, 0.1) is 6.61 Å². The van der Waals surface area contributed by atoms with Crippen molar-refractivity contribution < 1.29 is 14.3 Å². The van der Waals surface area contributed by atoms with Gasteiger partial charge in [-0.15, -0.1) is 0 Å². The van der Waals surface area contributed by atoms with E-state index in [1.807, 2.05) is 13.8 Å². The normalized spacial score (nSPS) is 24.6. The monoisotopic (exact) mass is 352 g/mol. The Hall–Kier alpha value is -1.26. The van der Waals surface area contributed by atoms with Gasteiger partial charge in [0.15, 0.2) is 0 Å². The molecule has 0 radical (unpaired) electrons. The lowest BCUT2D eigenvalue weighted by molar-refractivity contribution is -0.127. The van der Waals surface area contributed by atoms with Gasteiger partial charge in [0.2, 0.25) is 5.91 Å². The highest BCUT2D eigenvalue weighted by Crippen LogP contribution is 2.30. The number of amides is 2. The molecular formula is C20H36N2O3. The third-order valence-electron chi connectivity index (χ3n) is 5.58. The van der Waals surface area contributed by atoms with Crippen molar-refractivity contribution >= 4 is 12.0 Å². The smallest absolute Gasteiger partial charge is 0.409 e. The second-order valence-electron chi connectivity index (χ2n) is 8.18. The first-order valence-electron chi connectivity index (χ1n) is 10.2. The number of carbonyl (C=O) groups is 2. The second kappa shape index (κ2) is 10.0. The molecule has 144 valence electrons. The van der Waals surface area contributed by atoms with Crippen molar-refractivity contribution in [3.8, 4) is 0 Å². The van der Waals surface area contributed by atoms with Gasteiger partial charge in [-0.05, 0) is 43.9 Å². The molecule has 2 aliphatic rings. The summed E-state index contributed by atoms with van der Waals surface area (Å²) in [6.07, 6.45) is 8.59. The molecule has 1 saturated carbocycles. The molecule has 25 heavy (non-hydrogen) atoms. The van der Waals surface area contributed by atoms with Crippen LogP contribution in [0.1, 0.15) is 72.1 Å². The van der Waals surface area contributed by atoms with Crippen LogP contribution in [-0.2, 0) is 9.53 Å². The Morgan fingerprint density at radius 1 is 1.16 bits per heavy atom. The average Bonchev–Trinajstić information content (AvgIpc) is 3.04. The zero-order valence-corrected chi connectivity index (χ0v) is 16.3. The van der Waals surface area contributed by atoms with Gasteiger partial charge in [-0.25, -0.2) is 4.79 Å². The average molecular weight is 353 g/mol. The Morgan fingerprint density at radius 3 is 2.52 bits per heavy atom. The van der Waals surface area contributed by atoms with Gasteiger partial charge in [-0.1, -0.05) is 40.0 Å². The number of hydrogen-bond donors (Lipinski definition) is 1. The minimum Gasteiger partial charge on any atom is -0.449 e. The van der Waals surface area contributed by atoms with Crippen molar-refractivity contribution in [2.45, 2.75) is 78.2 Å². The summed E-state index contributed by atoms with van der Waals surface area (Å²) >= 11 is 0. The molecule has 0 aromatic carbocycles. The second-order valence-corrected chi connectivity index (χ2v) is 8.18. The van der Waals surface area contributed by atoms with E-state index in [-0.39, 0.29) is 17.9 Å². The molecule has 5 nitrogen and oxygen atoms in total. The summed E-state index contributed by atoms with van der Waals surface area (Å²) in [4.78, 5) is 26.4. The van der Waals surface area contributed by atoms with Crippen molar-refractivity contribution in [1.29, 1.82) is 0 Å². The Labute approximate surface area is 152 Å². The fourth-order valence-electron chi connectivity index (χ4n) is 3.99. The van der Waals surface area contributed by atoms with E-state index in [0.29, 0.717) is 37.6 Å². The molecule has 0 bridgehead atoms. The Bertz CT molecular complexity index is 431. The van der Waals surface area contributed by atoms with Gasteiger partial charge in [-0.2, -0.15) is 0 Å². The molecule has 0 spiro atoms. The lowest BCUT2D eigenvalue weighted by atomic mass is 9.93. The van der Waals surface area contributed by atoms with Crippen molar-refractivity contribution in [3.05, 3.63) is 0 Å². The van der Waals surface area contributed by atoms with Gasteiger partial charge >= 0.3 is 6.09 Å². The van der Waals surface area contributed by atoms with E-state index >= 15 is 0 Å². The van der Waals surface area contributed by atoms with E-state index in [1.54, 1.807) is 4.90 Å². The predicted molar refractivity (Wildman–Crippen MR) is 99.3 cm³/mol. The van der Waals surface area contributed by atoms with E-state index in [1.165, 1.54) is 32.1 Å². The summed E-state index contributed by atoms with van der Waals surface area (Å²) in [5, 5.41) is 3.32. The van der Waals surface area contributed by atoms with Crippen LogP contribution >= 0.6 is 0 Å². The van der Waals surface area contributed by atoms with Gasteiger partial charge in [0, 0.05) is 25.0 Å². The lowest BCUT2D eigenvalue weighted by Gasteiger charge is -2.32. The maximum Gasteiger partial charge on any atom is 0.409 e. The summed E-state index contributed by atoms with van der Waals surface area (Å²) in [5.74, 6) is 1.25. The third-order valence-corrected chi connectivity index (χ3v) is 5.58.